The summed E-state index contributed by atoms with van der Waals surface area (Å²) in [5.41, 5.74) is -3.45. The lowest BCUT2D eigenvalue weighted by atomic mass is 9.81. The fourth-order valence-electron chi connectivity index (χ4n) is 5.36. The first-order valence-corrected chi connectivity index (χ1v) is 12.5. The van der Waals surface area contributed by atoms with Crippen molar-refractivity contribution in [2.24, 2.45) is 0 Å². The lowest BCUT2D eigenvalue weighted by Gasteiger charge is -2.39. The number of nitrogens with zero attached hydrogens (tertiary/aromatic N) is 1. The lowest BCUT2D eigenvalue weighted by Crippen LogP contribution is -2.50. The van der Waals surface area contributed by atoms with Gasteiger partial charge in [0.15, 0.2) is 11.5 Å². The van der Waals surface area contributed by atoms with Crippen LogP contribution in [0.25, 0.3) is 5.57 Å². The Balaban J connectivity index is 1.61. The molecule has 3 aliphatic heterocycles. The molecular weight excluding hydrogens is 516 g/mol. The zero-order valence-electron chi connectivity index (χ0n) is 18.4. The molecule has 2 bridgehead atoms. The minimum Gasteiger partial charge on any atom is -0.452 e. The Morgan fingerprint density at radius 2 is 1.64 bits per heavy atom. The zero-order valence-corrected chi connectivity index (χ0v) is 19.3. The van der Waals surface area contributed by atoms with Crippen molar-refractivity contribution in [1.29, 1.82) is 0 Å². The molecular formula is C23H19F6NO5S. The summed E-state index contributed by atoms with van der Waals surface area (Å²) < 4.78 is 112. The van der Waals surface area contributed by atoms with E-state index in [1.165, 1.54) is 12.1 Å². The number of halogens is 6. The molecule has 1 amide bonds. The minimum atomic E-state index is -5.98. The molecule has 13 heteroatoms. The molecule has 0 spiro atoms. The summed E-state index contributed by atoms with van der Waals surface area (Å²) in [6.45, 7) is 0. The highest BCUT2D eigenvalue weighted by molar-refractivity contribution is 7.88. The molecule has 0 N–H and O–H groups in total. The van der Waals surface area contributed by atoms with Gasteiger partial charge in [-0.3, -0.25) is 4.79 Å². The van der Waals surface area contributed by atoms with E-state index in [1.807, 2.05) is 6.08 Å². The fourth-order valence-corrected chi connectivity index (χ4v) is 5.82. The number of piperidine rings is 1. The molecule has 0 radical (unpaired) electrons. The highest BCUT2D eigenvalue weighted by atomic mass is 32.2. The first-order chi connectivity index (χ1) is 16.8. The second-order valence-electron chi connectivity index (χ2n) is 8.96. The third-order valence-electron chi connectivity index (χ3n) is 6.74. The Hall–Kier alpha value is -2.96. The van der Waals surface area contributed by atoms with Crippen LogP contribution in [-0.2, 0) is 14.9 Å². The van der Waals surface area contributed by atoms with Gasteiger partial charge < -0.3 is 13.8 Å². The maximum absolute atomic E-state index is 13.2. The fraction of sp³-hybridized carbons (Fsp3) is 0.435. The number of amides is 1. The summed E-state index contributed by atoms with van der Waals surface area (Å²) in [6.07, 6.45) is 0.865. The first kappa shape index (κ1) is 24.7. The monoisotopic (exact) mass is 535 g/mol. The molecule has 0 aromatic heterocycles. The number of carbonyl (C=O) groups is 1. The topological polar surface area (TPSA) is 72.9 Å². The van der Waals surface area contributed by atoms with Crippen LogP contribution in [0.4, 0.5) is 26.3 Å². The largest absolute Gasteiger partial charge is 0.534 e. The van der Waals surface area contributed by atoms with Crippen molar-refractivity contribution in [3.63, 3.8) is 0 Å². The number of carbonyl (C=O) groups excluding carboxylic acids is 1. The molecule has 2 fully saturated rings. The van der Waals surface area contributed by atoms with Crippen molar-refractivity contribution in [2.45, 2.75) is 62.3 Å². The number of hydrogen-bond donors (Lipinski definition) is 0. The van der Waals surface area contributed by atoms with Crippen molar-refractivity contribution < 1.29 is 48.5 Å². The van der Waals surface area contributed by atoms with Crippen LogP contribution in [0.3, 0.4) is 0 Å². The standard InChI is InChI=1S/C23H19F6NO5S/c24-22(25,26)21(31)30-13-8-9-14(30)11-12(10-13)19-15-4-1-2-6-17(15)34-20-16(19)5-3-7-18(20)35-36(32,33)23(27,28)29/h3-7,13-14H,1-2,8-11H2. The lowest BCUT2D eigenvalue weighted by molar-refractivity contribution is -0.189. The molecule has 6 nitrogen and oxygen atoms in total. The van der Waals surface area contributed by atoms with Crippen molar-refractivity contribution >= 4 is 21.6 Å². The maximum atomic E-state index is 13.2. The molecule has 2 saturated heterocycles. The predicted molar refractivity (Wildman–Crippen MR) is 114 cm³/mol. The Kier molecular flexibility index (Phi) is 5.69. The number of hydrogen-bond acceptors (Lipinski definition) is 5. The molecule has 1 aromatic carbocycles. The van der Waals surface area contributed by atoms with Crippen molar-refractivity contribution in [1.82, 2.24) is 4.90 Å². The number of ether oxygens (including phenoxy) is 1. The van der Waals surface area contributed by atoms with Crippen molar-refractivity contribution in [3.8, 4) is 11.5 Å². The Labute approximate surface area is 202 Å². The smallest absolute Gasteiger partial charge is 0.452 e. The number of fused-ring (bicyclic) bond motifs is 4. The number of alkyl halides is 6. The molecule has 194 valence electrons. The predicted octanol–water partition coefficient (Wildman–Crippen LogP) is 5.38. The SMILES string of the molecule is O=C(N1C2CCC1CC(=C1C3=CCCC=C3Oc3c(OS(=O)(=O)C(F)(F)F)cccc31)C2)C(F)(F)F. The third kappa shape index (κ3) is 4.06. The summed E-state index contributed by atoms with van der Waals surface area (Å²) in [5.74, 6) is -2.45. The summed E-state index contributed by atoms with van der Waals surface area (Å²) in [4.78, 5) is 12.9. The van der Waals surface area contributed by atoms with Gasteiger partial charge in [-0.25, -0.2) is 0 Å². The van der Waals surface area contributed by atoms with Crippen LogP contribution in [0.2, 0.25) is 0 Å². The molecule has 5 rings (SSSR count). The molecule has 36 heavy (non-hydrogen) atoms. The quantitative estimate of drug-likeness (QED) is 0.289. The van der Waals surface area contributed by atoms with E-state index >= 15 is 0 Å². The van der Waals surface area contributed by atoms with Crippen LogP contribution in [0.1, 0.15) is 44.1 Å². The molecule has 1 aliphatic carbocycles. The highest BCUT2D eigenvalue weighted by Gasteiger charge is 2.52. The van der Waals surface area contributed by atoms with Gasteiger partial charge in [-0.15, -0.1) is 0 Å². The Morgan fingerprint density at radius 1 is 1.00 bits per heavy atom. The normalized spacial score (nSPS) is 23.9. The van der Waals surface area contributed by atoms with E-state index in [9.17, 15) is 39.6 Å². The van der Waals surface area contributed by atoms with Crippen LogP contribution in [0.15, 0.2) is 47.3 Å². The molecule has 3 heterocycles. The molecule has 2 unspecified atom stereocenters. The van der Waals surface area contributed by atoms with Crippen LogP contribution in [0.5, 0.6) is 11.5 Å². The Bertz CT molecular complexity index is 1310. The second-order valence-corrected chi connectivity index (χ2v) is 10.5. The van der Waals surface area contributed by atoms with E-state index < -0.39 is 45.5 Å². The van der Waals surface area contributed by atoms with E-state index in [0.29, 0.717) is 42.6 Å². The second kappa shape index (κ2) is 8.29. The van der Waals surface area contributed by atoms with Gasteiger partial charge >= 0.3 is 27.7 Å². The van der Waals surface area contributed by atoms with E-state index in [4.69, 9.17) is 4.74 Å². The van der Waals surface area contributed by atoms with Gasteiger partial charge in [-0.1, -0.05) is 23.8 Å². The van der Waals surface area contributed by atoms with E-state index in [1.54, 1.807) is 6.08 Å². The van der Waals surface area contributed by atoms with E-state index in [0.717, 1.165) is 16.5 Å². The summed E-state index contributed by atoms with van der Waals surface area (Å²) in [6, 6.07) is 2.55. The van der Waals surface area contributed by atoms with Gasteiger partial charge in [0, 0.05) is 23.2 Å². The van der Waals surface area contributed by atoms with Gasteiger partial charge in [0.1, 0.15) is 5.76 Å². The number of rotatable bonds is 2. The number of allylic oxidation sites excluding steroid dienone is 3. The van der Waals surface area contributed by atoms with Crippen molar-refractivity contribution in [3.05, 3.63) is 52.8 Å². The zero-order chi connectivity index (χ0) is 26.0. The average molecular weight is 535 g/mol. The van der Waals surface area contributed by atoms with Gasteiger partial charge in [0.2, 0.25) is 0 Å². The maximum Gasteiger partial charge on any atom is 0.534 e. The van der Waals surface area contributed by atoms with Crippen LogP contribution >= 0.6 is 0 Å². The van der Waals surface area contributed by atoms with Gasteiger partial charge in [-0.05, 0) is 56.2 Å². The number of para-hydroxylation sites is 1. The van der Waals surface area contributed by atoms with Crippen LogP contribution < -0.4 is 8.92 Å². The van der Waals surface area contributed by atoms with Gasteiger partial charge in [0.25, 0.3) is 0 Å². The van der Waals surface area contributed by atoms with Gasteiger partial charge in [-0.2, -0.15) is 34.8 Å². The van der Waals surface area contributed by atoms with E-state index in [2.05, 4.69) is 4.18 Å². The summed E-state index contributed by atoms with van der Waals surface area (Å²) in [7, 11) is -5.98. The minimum absolute atomic E-state index is 0.143. The van der Waals surface area contributed by atoms with Crippen molar-refractivity contribution in [2.75, 3.05) is 0 Å². The first-order valence-electron chi connectivity index (χ1n) is 11.1. The summed E-state index contributed by atoms with van der Waals surface area (Å²) >= 11 is 0. The van der Waals surface area contributed by atoms with Gasteiger partial charge in [0.05, 0.1) is 0 Å². The highest BCUT2D eigenvalue weighted by Crippen LogP contribution is 2.52. The molecule has 0 saturated carbocycles. The van der Waals surface area contributed by atoms with E-state index in [-0.39, 0.29) is 24.2 Å². The molecule has 2 atom stereocenters. The number of benzene rings is 1. The van der Waals surface area contributed by atoms with Crippen LogP contribution in [0, 0.1) is 0 Å². The Morgan fingerprint density at radius 3 is 2.25 bits per heavy atom. The molecule has 1 aromatic rings. The summed E-state index contributed by atoms with van der Waals surface area (Å²) in [5, 5.41) is 0. The average Bonchev–Trinajstić information content (AvgIpc) is 3.04. The van der Waals surface area contributed by atoms with Crippen LogP contribution in [-0.4, -0.2) is 43.0 Å². The third-order valence-corrected chi connectivity index (χ3v) is 7.70. The molecule has 4 aliphatic rings.